The van der Waals surface area contributed by atoms with Crippen LogP contribution in [0.4, 0.5) is 17.1 Å². The Morgan fingerprint density at radius 2 is 1.79 bits per heavy atom. The van der Waals surface area contributed by atoms with Gasteiger partial charge in [0.1, 0.15) is 0 Å². The van der Waals surface area contributed by atoms with Crippen molar-refractivity contribution in [1.29, 1.82) is 0 Å². The Hall–Kier alpha value is -2.29. The van der Waals surface area contributed by atoms with E-state index in [0.717, 1.165) is 0 Å². The first kappa shape index (κ1) is 20.4. The fraction of sp³-hybridized carbons (Fsp3) is 0.222. The van der Waals surface area contributed by atoms with Gasteiger partial charge in [0, 0.05) is 19.2 Å². The highest BCUT2D eigenvalue weighted by atomic mass is 35.5. The number of anilines is 3. The van der Waals surface area contributed by atoms with Crippen molar-refractivity contribution in [3.05, 3.63) is 52.0 Å². The fourth-order valence-corrected chi connectivity index (χ4v) is 4.84. The molecule has 0 aromatic heterocycles. The molecule has 1 aliphatic heterocycles. The van der Waals surface area contributed by atoms with Crippen molar-refractivity contribution >= 4 is 62.1 Å². The molecule has 3 rings (SSSR count). The van der Waals surface area contributed by atoms with Gasteiger partial charge in [-0.15, -0.1) is 0 Å². The fourth-order valence-electron chi connectivity index (χ4n) is 2.86. The molecule has 0 unspecified atom stereocenters. The summed E-state index contributed by atoms with van der Waals surface area (Å²) < 4.78 is 25.4. The molecule has 2 aromatic rings. The Morgan fingerprint density at radius 1 is 1.04 bits per heavy atom. The monoisotopic (exact) mass is 441 g/mol. The molecule has 2 aromatic carbocycles. The molecular formula is C18H17Cl2N3O4S. The largest absolute Gasteiger partial charge is 0.325 e. The summed E-state index contributed by atoms with van der Waals surface area (Å²) in [6.07, 6.45) is 0.551. The van der Waals surface area contributed by atoms with E-state index in [4.69, 9.17) is 23.2 Å². The topological polar surface area (TPSA) is 95.6 Å². The molecule has 148 valence electrons. The van der Waals surface area contributed by atoms with Gasteiger partial charge in [0.05, 0.1) is 32.7 Å². The highest BCUT2D eigenvalue weighted by Crippen LogP contribution is 2.30. The van der Waals surface area contributed by atoms with Crippen LogP contribution in [0.3, 0.4) is 0 Å². The van der Waals surface area contributed by atoms with Crippen molar-refractivity contribution in [2.45, 2.75) is 13.3 Å². The third-order valence-corrected chi connectivity index (χ3v) is 6.63. The molecule has 0 saturated carbocycles. The lowest BCUT2D eigenvalue weighted by Gasteiger charge is -2.18. The lowest BCUT2D eigenvalue weighted by atomic mass is 10.1. The van der Waals surface area contributed by atoms with Crippen LogP contribution in [0.2, 0.25) is 10.0 Å². The van der Waals surface area contributed by atoms with Gasteiger partial charge < -0.3 is 10.6 Å². The Bertz CT molecular complexity index is 1060. The number of hydrogen-bond donors (Lipinski definition) is 2. The minimum atomic E-state index is -3.33. The van der Waals surface area contributed by atoms with Gasteiger partial charge in [0.2, 0.25) is 15.9 Å². The average Bonchev–Trinajstić information content (AvgIpc) is 2.96. The standard InChI is InChI=1S/C18H17Cl2N3O4S/c1-11(24)21-17-9-12(3-6-15(17)19)22-18(25)14-5-4-13(10-16(14)20)23-7-2-8-28(23,26)27/h3-6,9-10H,2,7-8H2,1H3,(H,21,24)(H,22,25). The van der Waals surface area contributed by atoms with E-state index >= 15 is 0 Å². The molecule has 7 nitrogen and oxygen atoms in total. The molecule has 1 heterocycles. The molecule has 2 N–H and O–H groups in total. The van der Waals surface area contributed by atoms with Crippen molar-refractivity contribution in [3.63, 3.8) is 0 Å². The maximum absolute atomic E-state index is 12.6. The zero-order chi connectivity index (χ0) is 20.5. The zero-order valence-electron chi connectivity index (χ0n) is 14.8. The van der Waals surface area contributed by atoms with Gasteiger partial charge in [-0.3, -0.25) is 13.9 Å². The summed E-state index contributed by atoms with van der Waals surface area (Å²) in [5.74, 6) is -0.669. The summed E-state index contributed by atoms with van der Waals surface area (Å²) in [6, 6.07) is 9.15. The Balaban J connectivity index is 1.81. The van der Waals surface area contributed by atoms with Gasteiger partial charge in [-0.05, 0) is 42.8 Å². The summed E-state index contributed by atoms with van der Waals surface area (Å²) in [5, 5.41) is 5.72. The smallest absolute Gasteiger partial charge is 0.257 e. The van der Waals surface area contributed by atoms with Gasteiger partial charge >= 0.3 is 0 Å². The average molecular weight is 442 g/mol. The van der Waals surface area contributed by atoms with E-state index in [2.05, 4.69) is 10.6 Å². The van der Waals surface area contributed by atoms with E-state index in [0.29, 0.717) is 35.1 Å². The molecule has 10 heteroatoms. The number of nitrogens with one attached hydrogen (secondary N) is 2. The minimum absolute atomic E-state index is 0.0973. The number of nitrogens with zero attached hydrogens (tertiary/aromatic N) is 1. The van der Waals surface area contributed by atoms with Gasteiger partial charge in [0.15, 0.2) is 0 Å². The van der Waals surface area contributed by atoms with Crippen LogP contribution < -0.4 is 14.9 Å². The van der Waals surface area contributed by atoms with Crippen LogP contribution in [0.15, 0.2) is 36.4 Å². The second kappa shape index (κ2) is 7.98. The van der Waals surface area contributed by atoms with Crippen LogP contribution in [0.1, 0.15) is 23.7 Å². The summed E-state index contributed by atoms with van der Waals surface area (Å²) in [4.78, 5) is 23.8. The van der Waals surface area contributed by atoms with Gasteiger partial charge in [0.25, 0.3) is 5.91 Å². The van der Waals surface area contributed by atoms with Crippen LogP contribution in [0, 0.1) is 0 Å². The lowest BCUT2D eigenvalue weighted by molar-refractivity contribution is -0.114. The zero-order valence-corrected chi connectivity index (χ0v) is 17.2. The van der Waals surface area contributed by atoms with Crippen LogP contribution in [0.5, 0.6) is 0 Å². The van der Waals surface area contributed by atoms with Crippen molar-refractivity contribution in [2.75, 3.05) is 27.2 Å². The summed E-state index contributed by atoms with van der Waals surface area (Å²) in [6.45, 7) is 1.74. The normalized spacial score (nSPS) is 15.3. The number of halogens is 2. The molecular weight excluding hydrogens is 425 g/mol. The first-order valence-electron chi connectivity index (χ1n) is 8.36. The van der Waals surface area contributed by atoms with Gasteiger partial charge in [-0.2, -0.15) is 0 Å². The van der Waals surface area contributed by atoms with Crippen LogP contribution in [0.25, 0.3) is 0 Å². The summed E-state index contributed by atoms with van der Waals surface area (Å²) >= 11 is 12.2. The molecule has 1 saturated heterocycles. The van der Waals surface area contributed by atoms with E-state index in [9.17, 15) is 18.0 Å². The van der Waals surface area contributed by atoms with E-state index in [1.54, 1.807) is 18.2 Å². The number of carbonyl (C=O) groups excluding carboxylic acids is 2. The van der Waals surface area contributed by atoms with Gasteiger partial charge in [-0.1, -0.05) is 23.2 Å². The maximum atomic E-state index is 12.6. The van der Waals surface area contributed by atoms with E-state index < -0.39 is 15.9 Å². The predicted octanol–water partition coefficient (Wildman–Crippen LogP) is 3.74. The van der Waals surface area contributed by atoms with Crippen molar-refractivity contribution < 1.29 is 18.0 Å². The molecule has 0 radical (unpaired) electrons. The molecule has 0 atom stereocenters. The summed E-state index contributed by atoms with van der Waals surface area (Å²) in [7, 11) is -3.33. The number of amides is 2. The molecule has 0 bridgehead atoms. The Kier molecular flexibility index (Phi) is 5.83. The van der Waals surface area contributed by atoms with Crippen LogP contribution >= 0.6 is 23.2 Å². The van der Waals surface area contributed by atoms with Crippen LogP contribution in [-0.4, -0.2) is 32.5 Å². The third-order valence-electron chi connectivity index (χ3n) is 4.12. The second-order valence-corrected chi connectivity index (χ2v) is 9.06. The number of hydrogen-bond acceptors (Lipinski definition) is 4. The van der Waals surface area contributed by atoms with Gasteiger partial charge in [-0.25, -0.2) is 8.42 Å². The number of benzene rings is 2. The minimum Gasteiger partial charge on any atom is -0.325 e. The molecule has 1 aliphatic rings. The first-order chi connectivity index (χ1) is 13.2. The maximum Gasteiger partial charge on any atom is 0.257 e. The molecule has 0 spiro atoms. The number of carbonyl (C=O) groups is 2. The lowest BCUT2D eigenvalue weighted by Crippen LogP contribution is -2.25. The number of sulfonamides is 1. The highest BCUT2D eigenvalue weighted by Gasteiger charge is 2.29. The Labute approximate surface area is 172 Å². The van der Waals surface area contributed by atoms with Crippen molar-refractivity contribution in [3.8, 4) is 0 Å². The quantitative estimate of drug-likeness (QED) is 0.754. The molecule has 2 amide bonds. The predicted molar refractivity (Wildman–Crippen MR) is 111 cm³/mol. The van der Waals surface area contributed by atoms with E-state index in [1.807, 2.05) is 0 Å². The third kappa shape index (κ3) is 4.40. The number of rotatable bonds is 4. The van der Waals surface area contributed by atoms with E-state index in [-0.39, 0.29) is 22.2 Å². The highest BCUT2D eigenvalue weighted by molar-refractivity contribution is 7.93. The van der Waals surface area contributed by atoms with E-state index in [1.165, 1.54) is 29.4 Å². The molecule has 0 aliphatic carbocycles. The first-order valence-corrected chi connectivity index (χ1v) is 10.7. The SMILES string of the molecule is CC(=O)Nc1cc(NC(=O)c2ccc(N3CCCS3(=O)=O)cc2Cl)ccc1Cl. The second-order valence-electron chi connectivity index (χ2n) is 6.24. The molecule has 1 fully saturated rings. The Morgan fingerprint density at radius 3 is 2.39 bits per heavy atom. The van der Waals surface area contributed by atoms with Crippen molar-refractivity contribution in [1.82, 2.24) is 0 Å². The summed E-state index contributed by atoms with van der Waals surface area (Å²) in [5.41, 5.74) is 1.41. The van der Waals surface area contributed by atoms with Crippen molar-refractivity contribution in [2.24, 2.45) is 0 Å². The van der Waals surface area contributed by atoms with Crippen LogP contribution in [-0.2, 0) is 14.8 Å². The molecule has 28 heavy (non-hydrogen) atoms.